The van der Waals surface area contributed by atoms with Gasteiger partial charge in [0.05, 0.1) is 16.7 Å². The molecular weight excluding hydrogens is 246 g/mol. The first kappa shape index (κ1) is 13.3. The molecule has 0 aliphatic heterocycles. The molecule has 6 heteroatoms. The summed E-state index contributed by atoms with van der Waals surface area (Å²) in [4.78, 5) is 12.5. The van der Waals surface area contributed by atoms with E-state index in [1.165, 1.54) is 11.3 Å². The maximum Gasteiger partial charge on any atom is 0.189 e. The normalized spacial score (nSPS) is 13.7. The number of aryl methyl sites for hydroxylation is 1. The van der Waals surface area contributed by atoms with Crippen molar-refractivity contribution in [3.8, 4) is 0 Å². The summed E-state index contributed by atoms with van der Waals surface area (Å²) in [6, 6.07) is 1.12. The lowest BCUT2D eigenvalue weighted by atomic mass is 10.1. The van der Waals surface area contributed by atoms with Crippen LogP contribution < -0.4 is 5.73 Å². The highest BCUT2D eigenvalue weighted by Crippen LogP contribution is 2.18. The standard InChI is InChI=1S/C10H15NO3S2/c1-7-3-5-15-10(7)9(12)8(11)4-6-16(2,13)14/h3,5,8H,4,6,11H2,1-2H3. The van der Waals surface area contributed by atoms with Crippen molar-refractivity contribution < 1.29 is 13.2 Å². The highest BCUT2D eigenvalue weighted by atomic mass is 32.2. The zero-order valence-electron chi connectivity index (χ0n) is 9.26. The lowest BCUT2D eigenvalue weighted by Crippen LogP contribution is -2.32. The number of hydrogen-bond donors (Lipinski definition) is 1. The van der Waals surface area contributed by atoms with Crippen molar-refractivity contribution >= 4 is 27.0 Å². The van der Waals surface area contributed by atoms with Gasteiger partial charge in [-0.15, -0.1) is 11.3 Å². The minimum atomic E-state index is -3.06. The predicted molar refractivity (Wildman–Crippen MR) is 65.7 cm³/mol. The van der Waals surface area contributed by atoms with Crippen LogP contribution in [0.3, 0.4) is 0 Å². The van der Waals surface area contributed by atoms with Gasteiger partial charge in [0.1, 0.15) is 9.84 Å². The molecule has 0 radical (unpaired) electrons. The number of carbonyl (C=O) groups excluding carboxylic acids is 1. The molecule has 1 atom stereocenters. The predicted octanol–water partition coefficient (Wildman–Crippen LogP) is 1.00. The highest BCUT2D eigenvalue weighted by Gasteiger charge is 2.19. The molecule has 0 aliphatic rings. The van der Waals surface area contributed by atoms with Crippen molar-refractivity contribution in [3.05, 3.63) is 21.9 Å². The Hall–Kier alpha value is -0.720. The second-order valence-electron chi connectivity index (χ2n) is 3.82. The Kier molecular flexibility index (Phi) is 4.23. The van der Waals surface area contributed by atoms with Crippen LogP contribution in [-0.4, -0.2) is 32.3 Å². The van der Waals surface area contributed by atoms with Crippen LogP contribution in [-0.2, 0) is 9.84 Å². The Balaban J connectivity index is 2.66. The van der Waals surface area contributed by atoms with Crippen molar-refractivity contribution in [2.75, 3.05) is 12.0 Å². The van der Waals surface area contributed by atoms with Crippen molar-refractivity contribution in [2.45, 2.75) is 19.4 Å². The molecule has 2 N–H and O–H groups in total. The molecule has 0 bridgehead atoms. The molecule has 4 nitrogen and oxygen atoms in total. The summed E-state index contributed by atoms with van der Waals surface area (Å²) < 4.78 is 21.9. The quantitative estimate of drug-likeness (QED) is 0.802. The molecule has 1 rings (SSSR count). The Bertz CT molecular complexity index is 476. The van der Waals surface area contributed by atoms with Gasteiger partial charge in [-0.1, -0.05) is 0 Å². The van der Waals surface area contributed by atoms with Gasteiger partial charge in [-0.05, 0) is 30.4 Å². The molecule has 0 fully saturated rings. The maximum atomic E-state index is 11.8. The zero-order chi connectivity index (χ0) is 12.3. The number of sulfone groups is 1. The topological polar surface area (TPSA) is 77.2 Å². The Labute approximate surface area is 99.4 Å². The molecule has 1 heterocycles. The van der Waals surface area contributed by atoms with E-state index in [0.717, 1.165) is 11.8 Å². The summed E-state index contributed by atoms with van der Waals surface area (Å²) >= 11 is 1.34. The van der Waals surface area contributed by atoms with Crippen LogP contribution in [0.1, 0.15) is 21.7 Å². The van der Waals surface area contributed by atoms with E-state index in [0.29, 0.717) is 4.88 Å². The average molecular weight is 261 g/mol. The van der Waals surface area contributed by atoms with Crippen molar-refractivity contribution in [1.82, 2.24) is 0 Å². The van der Waals surface area contributed by atoms with E-state index in [1.807, 2.05) is 18.4 Å². The second kappa shape index (κ2) is 5.07. The summed E-state index contributed by atoms with van der Waals surface area (Å²) in [7, 11) is -3.06. The molecular formula is C10H15NO3S2. The number of nitrogens with two attached hydrogens (primary N) is 1. The van der Waals surface area contributed by atoms with Crippen LogP contribution in [0.5, 0.6) is 0 Å². The minimum absolute atomic E-state index is 0.0513. The van der Waals surface area contributed by atoms with Gasteiger partial charge in [0.2, 0.25) is 0 Å². The van der Waals surface area contributed by atoms with Gasteiger partial charge in [0.25, 0.3) is 0 Å². The van der Waals surface area contributed by atoms with E-state index >= 15 is 0 Å². The van der Waals surface area contributed by atoms with Crippen LogP contribution in [0.15, 0.2) is 11.4 Å². The highest BCUT2D eigenvalue weighted by molar-refractivity contribution is 7.90. The number of ketones is 1. The number of carbonyl (C=O) groups is 1. The fourth-order valence-corrected chi connectivity index (χ4v) is 2.88. The van der Waals surface area contributed by atoms with Crippen LogP contribution in [0.25, 0.3) is 0 Å². The van der Waals surface area contributed by atoms with E-state index in [4.69, 9.17) is 5.73 Å². The Morgan fingerprint density at radius 1 is 1.56 bits per heavy atom. The summed E-state index contributed by atoms with van der Waals surface area (Å²) in [5.41, 5.74) is 6.57. The Morgan fingerprint density at radius 3 is 2.62 bits per heavy atom. The van der Waals surface area contributed by atoms with Crippen LogP contribution in [0.2, 0.25) is 0 Å². The molecule has 16 heavy (non-hydrogen) atoms. The second-order valence-corrected chi connectivity index (χ2v) is 7.00. The average Bonchev–Trinajstić information content (AvgIpc) is 2.58. The van der Waals surface area contributed by atoms with E-state index < -0.39 is 15.9 Å². The fourth-order valence-electron chi connectivity index (χ4n) is 1.27. The molecule has 1 aromatic rings. The lowest BCUT2D eigenvalue weighted by Gasteiger charge is -2.08. The summed E-state index contributed by atoms with van der Waals surface area (Å²) in [5, 5.41) is 1.83. The van der Waals surface area contributed by atoms with Gasteiger partial charge in [-0.3, -0.25) is 4.79 Å². The maximum absolute atomic E-state index is 11.8. The molecule has 0 saturated carbocycles. The summed E-state index contributed by atoms with van der Waals surface area (Å²) in [5.74, 6) is -0.221. The fraction of sp³-hybridized carbons (Fsp3) is 0.500. The number of Topliss-reactive ketones (excluding diaryl/α,β-unsaturated/α-hetero) is 1. The van der Waals surface area contributed by atoms with Crippen LogP contribution >= 0.6 is 11.3 Å². The van der Waals surface area contributed by atoms with Crippen molar-refractivity contribution in [1.29, 1.82) is 0 Å². The third kappa shape index (κ3) is 3.70. The van der Waals surface area contributed by atoms with E-state index in [-0.39, 0.29) is 18.0 Å². The molecule has 0 aromatic carbocycles. The minimum Gasteiger partial charge on any atom is -0.321 e. The van der Waals surface area contributed by atoms with Crippen molar-refractivity contribution in [2.24, 2.45) is 5.73 Å². The first-order valence-electron chi connectivity index (χ1n) is 4.83. The number of hydrogen-bond acceptors (Lipinski definition) is 5. The van der Waals surface area contributed by atoms with Crippen LogP contribution in [0.4, 0.5) is 0 Å². The first-order chi connectivity index (χ1) is 7.31. The molecule has 0 spiro atoms. The van der Waals surface area contributed by atoms with Crippen LogP contribution in [0, 0.1) is 6.92 Å². The van der Waals surface area contributed by atoms with Gasteiger partial charge >= 0.3 is 0 Å². The van der Waals surface area contributed by atoms with Gasteiger partial charge in [0, 0.05) is 6.26 Å². The van der Waals surface area contributed by atoms with E-state index in [9.17, 15) is 13.2 Å². The number of thiophene rings is 1. The van der Waals surface area contributed by atoms with E-state index in [1.54, 1.807) is 0 Å². The van der Waals surface area contributed by atoms with Crippen molar-refractivity contribution in [3.63, 3.8) is 0 Å². The molecule has 0 saturated heterocycles. The van der Waals surface area contributed by atoms with Gasteiger partial charge in [-0.25, -0.2) is 8.42 Å². The number of rotatable bonds is 5. The van der Waals surface area contributed by atoms with Gasteiger partial charge in [-0.2, -0.15) is 0 Å². The molecule has 1 unspecified atom stereocenters. The van der Waals surface area contributed by atoms with Gasteiger partial charge < -0.3 is 5.73 Å². The SMILES string of the molecule is Cc1ccsc1C(=O)C(N)CCS(C)(=O)=O. The zero-order valence-corrected chi connectivity index (χ0v) is 10.9. The van der Waals surface area contributed by atoms with Gasteiger partial charge in [0.15, 0.2) is 5.78 Å². The molecule has 1 aromatic heterocycles. The molecule has 90 valence electrons. The summed E-state index contributed by atoms with van der Waals surface area (Å²) in [6.07, 6.45) is 1.32. The summed E-state index contributed by atoms with van der Waals surface area (Å²) in [6.45, 7) is 1.84. The third-order valence-corrected chi connectivity index (χ3v) is 4.23. The monoisotopic (exact) mass is 261 g/mol. The third-order valence-electron chi connectivity index (χ3n) is 2.22. The largest absolute Gasteiger partial charge is 0.321 e. The Morgan fingerprint density at radius 2 is 2.19 bits per heavy atom. The molecule has 0 amide bonds. The van der Waals surface area contributed by atoms with E-state index in [2.05, 4.69) is 0 Å². The lowest BCUT2D eigenvalue weighted by molar-refractivity contribution is 0.0963. The molecule has 0 aliphatic carbocycles. The first-order valence-corrected chi connectivity index (χ1v) is 7.77. The smallest absolute Gasteiger partial charge is 0.189 e.